The van der Waals surface area contributed by atoms with Crippen LogP contribution in [-0.2, 0) is 4.79 Å². The van der Waals surface area contributed by atoms with Crippen LogP contribution in [0.3, 0.4) is 0 Å². The maximum absolute atomic E-state index is 12.4. The zero-order chi connectivity index (χ0) is 21.5. The van der Waals surface area contributed by atoms with Gasteiger partial charge in [-0.25, -0.2) is 4.98 Å². The van der Waals surface area contributed by atoms with Crippen molar-refractivity contribution in [3.63, 3.8) is 0 Å². The van der Waals surface area contributed by atoms with Crippen LogP contribution >= 0.6 is 22.9 Å². The molecule has 2 heterocycles. The Morgan fingerprint density at radius 2 is 2.23 bits per heavy atom. The third-order valence-corrected chi connectivity index (χ3v) is 5.48. The SMILES string of the molecule is CCOc1c(Cl)cc(C=CC(=O)NC(C)c2nc(-c3cccnc3)cs2)cc1OC. The lowest BCUT2D eigenvalue weighted by molar-refractivity contribution is -0.117. The monoisotopic (exact) mass is 443 g/mol. The number of carbonyl (C=O) groups is 1. The molecule has 1 amide bonds. The molecule has 3 rings (SSSR count). The molecule has 6 nitrogen and oxygen atoms in total. The number of amides is 1. The highest BCUT2D eigenvalue weighted by Gasteiger charge is 2.14. The lowest BCUT2D eigenvalue weighted by Gasteiger charge is -2.12. The predicted molar refractivity (Wildman–Crippen MR) is 120 cm³/mol. The van der Waals surface area contributed by atoms with E-state index < -0.39 is 0 Å². The van der Waals surface area contributed by atoms with E-state index in [2.05, 4.69) is 15.3 Å². The van der Waals surface area contributed by atoms with Crippen LogP contribution in [-0.4, -0.2) is 29.6 Å². The molecule has 0 aliphatic carbocycles. The molecule has 1 atom stereocenters. The number of methoxy groups -OCH3 is 1. The van der Waals surface area contributed by atoms with Crippen molar-refractivity contribution in [3.05, 3.63) is 63.7 Å². The number of carbonyl (C=O) groups excluding carboxylic acids is 1. The summed E-state index contributed by atoms with van der Waals surface area (Å²) in [6, 6.07) is 7.09. The molecular weight excluding hydrogens is 422 g/mol. The molecule has 0 spiro atoms. The van der Waals surface area contributed by atoms with Crippen molar-refractivity contribution in [3.8, 4) is 22.8 Å². The molecule has 30 heavy (non-hydrogen) atoms. The van der Waals surface area contributed by atoms with Crippen LogP contribution in [0, 0.1) is 0 Å². The van der Waals surface area contributed by atoms with Crippen LogP contribution in [0.5, 0.6) is 11.5 Å². The predicted octanol–water partition coefficient (Wildman–Crippen LogP) is 5.16. The van der Waals surface area contributed by atoms with Crippen molar-refractivity contribution >= 4 is 34.9 Å². The first-order valence-electron chi connectivity index (χ1n) is 9.36. The molecule has 0 aliphatic heterocycles. The van der Waals surface area contributed by atoms with Crippen molar-refractivity contribution in [2.75, 3.05) is 13.7 Å². The summed E-state index contributed by atoms with van der Waals surface area (Å²) in [5, 5.41) is 6.13. The van der Waals surface area contributed by atoms with Crippen LogP contribution in [0.25, 0.3) is 17.3 Å². The minimum absolute atomic E-state index is 0.226. The van der Waals surface area contributed by atoms with Crippen molar-refractivity contribution in [2.24, 2.45) is 0 Å². The summed E-state index contributed by atoms with van der Waals surface area (Å²) in [4.78, 5) is 21.1. The molecule has 0 saturated heterocycles. The highest BCUT2D eigenvalue weighted by atomic mass is 35.5. The molecule has 1 unspecified atom stereocenters. The lowest BCUT2D eigenvalue weighted by atomic mass is 10.2. The molecule has 0 saturated carbocycles. The van der Waals surface area contributed by atoms with Crippen molar-refractivity contribution in [1.29, 1.82) is 0 Å². The molecule has 1 aromatic carbocycles. The Morgan fingerprint density at radius 3 is 2.93 bits per heavy atom. The number of thiazole rings is 1. The molecule has 0 fully saturated rings. The zero-order valence-corrected chi connectivity index (χ0v) is 18.5. The second kappa shape index (κ2) is 10.2. The summed E-state index contributed by atoms with van der Waals surface area (Å²) in [5.41, 5.74) is 2.52. The molecule has 2 aromatic heterocycles. The van der Waals surface area contributed by atoms with E-state index in [0.29, 0.717) is 23.1 Å². The molecular formula is C22H22ClN3O3S. The van der Waals surface area contributed by atoms with Crippen LogP contribution in [0.2, 0.25) is 5.02 Å². The Morgan fingerprint density at radius 1 is 1.40 bits per heavy atom. The number of benzene rings is 1. The fraction of sp³-hybridized carbons (Fsp3) is 0.227. The highest BCUT2D eigenvalue weighted by Crippen LogP contribution is 2.36. The van der Waals surface area contributed by atoms with Gasteiger partial charge in [-0.2, -0.15) is 0 Å². The smallest absolute Gasteiger partial charge is 0.244 e. The van der Waals surface area contributed by atoms with Crippen LogP contribution in [0.1, 0.15) is 30.5 Å². The molecule has 0 radical (unpaired) electrons. The summed E-state index contributed by atoms with van der Waals surface area (Å²) in [6.45, 7) is 4.25. The fourth-order valence-electron chi connectivity index (χ4n) is 2.75. The zero-order valence-electron chi connectivity index (χ0n) is 16.9. The second-order valence-corrected chi connectivity index (χ2v) is 7.64. The van der Waals surface area contributed by atoms with Gasteiger partial charge in [0.25, 0.3) is 0 Å². The van der Waals surface area contributed by atoms with Gasteiger partial charge in [0.2, 0.25) is 5.91 Å². The number of rotatable bonds is 8. The number of pyridine rings is 1. The van der Waals surface area contributed by atoms with Crippen molar-refractivity contribution in [1.82, 2.24) is 15.3 Å². The minimum atomic E-state index is -0.232. The normalized spacial score (nSPS) is 12.0. The summed E-state index contributed by atoms with van der Waals surface area (Å²) in [6.07, 6.45) is 6.62. The van der Waals surface area contributed by atoms with Crippen LogP contribution < -0.4 is 14.8 Å². The maximum atomic E-state index is 12.4. The topological polar surface area (TPSA) is 73.3 Å². The molecule has 156 valence electrons. The van der Waals surface area contributed by atoms with E-state index in [0.717, 1.165) is 21.8 Å². The Kier molecular flexibility index (Phi) is 7.43. The van der Waals surface area contributed by atoms with Gasteiger partial charge in [-0.15, -0.1) is 11.3 Å². The van der Waals surface area contributed by atoms with E-state index in [9.17, 15) is 4.79 Å². The van der Waals surface area contributed by atoms with Gasteiger partial charge in [0.05, 0.1) is 30.5 Å². The number of ether oxygens (including phenoxy) is 2. The summed E-state index contributed by atoms with van der Waals surface area (Å²) >= 11 is 7.77. The van der Waals surface area contributed by atoms with Crippen molar-refractivity contribution < 1.29 is 14.3 Å². The molecule has 8 heteroatoms. The first-order valence-corrected chi connectivity index (χ1v) is 10.6. The van der Waals surface area contributed by atoms with E-state index in [-0.39, 0.29) is 11.9 Å². The van der Waals surface area contributed by atoms with Gasteiger partial charge >= 0.3 is 0 Å². The number of hydrogen-bond donors (Lipinski definition) is 1. The molecule has 1 N–H and O–H groups in total. The summed E-state index contributed by atoms with van der Waals surface area (Å²) < 4.78 is 10.8. The van der Waals surface area contributed by atoms with E-state index in [1.165, 1.54) is 17.4 Å². The van der Waals surface area contributed by atoms with Gasteiger partial charge in [0.15, 0.2) is 11.5 Å². The second-order valence-electron chi connectivity index (χ2n) is 6.34. The van der Waals surface area contributed by atoms with Gasteiger partial charge in [0, 0.05) is 29.4 Å². The number of nitrogens with one attached hydrogen (secondary N) is 1. The Hall–Kier alpha value is -2.90. The first kappa shape index (κ1) is 21.8. The van der Waals surface area contributed by atoms with Gasteiger partial charge in [-0.05, 0) is 49.8 Å². The standard InChI is InChI=1S/C22H22ClN3O3S/c1-4-29-21-17(23)10-15(11-19(21)28-3)7-8-20(27)25-14(2)22-26-18(13-30-22)16-6-5-9-24-12-16/h5-14H,4H2,1-3H3,(H,25,27). The Balaban J connectivity index is 1.66. The van der Waals surface area contributed by atoms with E-state index in [1.807, 2.05) is 31.4 Å². The van der Waals surface area contributed by atoms with E-state index >= 15 is 0 Å². The third-order valence-electron chi connectivity index (χ3n) is 4.18. The minimum Gasteiger partial charge on any atom is -0.493 e. The number of nitrogens with zero attached hydrogens (tertiary/aromatic N) is 2. The van der Waals surface area contributed by atoms with Crippen LogP contribution in [0.15, 0.2) is 48.1 Å². The van der Waals surface area contributed by atoms with Gasteiger partial charge in [-0.3, -0.25) is 9.78 Å². The summed E-state index contributed by atoms with van der Waals surface area (Å²) in [7, 11) is 1.55. The summed E-state index contributed by atoms with van der Waals surface area (Å²) in [5.74, 6) is 0.776. The van der Waals surface area contributed by atoms with Gasteiger partial charge in [-0.1, -0.05) is 11.6 Å². The Bertz CT molecular complexity index is 1040. The Labute approximate surface area is 184 Å². The molecule has 0 bridgehead atoms. The van der Waals surface area contributed by atoms with Gasteiger partial charge < -0.3 is 14.8 Å². The fourth-order valence-corrected chi connectivity index (χ4v) is 3.86. The number of halogens is 1. The van der Waals surface area contributed by atoms with E-state index in [1.54, 1.807) is 37.7 Å². The third kappa shape index (κ3) is 5.37. The van der Waals surface area contributed by atoms with Gasteiger partial charge in [0.1, 0.15) is 5.01 Å². The molecule has 3 aromatic rings. The lowest BCUT2D eigenvalue weighted by Crippen LogP contribution is -2.24. The first-order chi connectivity index (χ1) is 14.5. The maximum Gasteiger partial charge on any atom is 0.244 e. The number of aromatic nitrogens is 2. The number of hydrogen-bond acceptors (Lipinski definition) is 6. The van der Waals surface area contributed by atoms with Crippen LogP contribution in [0.4, 0.5) is 0 Å². The van der Waals surface area contributed by atoms with Crippen molar-refractivity contribution in [2.45, 2.75) is 19.9 Å². The average molecular weight is 444 g/mol. The highest BCUT2D eigenvalue weighted by molar-refractivity contribution is 7.10. The largest absolute Gasteiger partial charge is 0.493 e. The van der Waals surface area contributed by atoms with E-state index in [4.69, 9.17) is 21.1 Å². The molecule has 0 aliphatic rings. The average Bonchev–Trinajstić information content (AvgIpc) is 3.25. The quantitative estimate of drug-likeness (QED) is 0.487.